The van der Waals surface area contributed by atoms with Gasteiger partial charge in [-0.2, -0.15) is 0 Å². The van der Waals surface area contributed by atoms with Crippen molar-refractivity contribution in [1.82, 2.24) is 9.55 Å². The van der Waals surface area contributed by atoms with Gasteiger partial charge < -0.3 is 15.4 Å². The van der Waals surface area contributed by atoms with Gasteiger partial charge in [-0.1, -0.05) is 49.5 Å². The molecule has 0 spiro atoms. The van der Waals surface area contributed by atoms with Crippen LogP contribution in [0.1, 0.15) is 67.7 Å². The van der Waals surface area contributed by atoms with Crippen LogP contribution in [0.2, 0.25) is 10.0 Å². The summed E-state index contributed by atoms with van der Waals surface area (Å²) in [5, 5.41) is 10.5. The summed E-state index contributed by atoms with van der Waals surface area (Å²) in [6.07, 6.45) is 3.56. The Hall–Kier alpha value is -1.56. The van der Waals surface area contributed by atoms with E-state index in [1.807, 2.05) is 12.1 Å². The molecule has 2 atom stereocenters. The summed E-state index contributed by atoms with van der Waals surface area (Å²) in [5.41, 5.74) is 9.04. The Balaban J connectivity index is 2.12. The molecule has 0 aliphatic heterocycles. The molecule has 1 aromatic carbocycles. The van der Waals surface area contributed by atoms with Gasteiger partial charge in [0.05, 0.1) is 15.7 Å². The van der Waals surface area contributed by atoms with Gasteiger partial charge in [-0.3, -0.25) is 4.79 Å². The minimum Gasteiger partial charge on any atom is -0.480 e. The average molecular weight is 410 g/mol. The monoisotopic (exact) mass is 409 g/mol. The molecule has 1 heterocycles. The predicted octanol–water partition coefficient (Wildman–Crippen LogP) is 4.58. The normalized spacial score (nSPS) is 18.2. The van der Waals surface area contributed by atoms with E-state index in [9.17, 15) is 9.90 Å². The van der Waals surface area contributed by atoms with Crippen LogP contribution in [0.4, 0.5) is 0 Å². The molecule has 2 aromatic rings. The highest BCUT2D eigenvalue weighted by Gasteiger charge is 2.34. The van der Waals surface area contributed by atoms with Crippen LogP contribution in [0.15, 0.2) is 18.2 Å². The van der Waals surface area contributed by atoms with Gasteiger partial charge in [0, 0.05) is 24.1 Å². The van der Waals surface area contributed by atoms with Crippen molar-refractivity contribution in [3.8, 4) is 0 Å². The number of carboxylic acid groups (broad SMARTS) is 1. The molecule has 1 aliphatic carbocycles. The summed E-state index contributed by atoms with van der Waals surface area (Å²) in [6, 6.07) is 4.63. The Morgan fingerprint density at radius 2 is 2.07 bits per heavy atom. The summed E-state index contributed by atoms with van der Waals surface area (Å²) in [6.45, 7) is 4.76. The zero-order valence-electron chi connectivity index (χ0n) is 15.6. The molecule has 1 aliphatic rings. The van der Waals surface area contributed by atoms with Crippen LogP contribution >= 0.6 is 23.2 Å². The third kappa shape index (κ3) is 4.15. The lowest BCUT2D eigenvalue weighted by molar-refractivity contribution is -0.139. The van der Waals surface area contributed by atoms with E-state index < -0.39 is 12.0 Å². The Kier molecular flexibility index (Phi) is 6.14. The number of rotatable bonds is 5. The van der Waals surface area contributed by atoms with Gasteiger partial charge in [0.15, 0.2) is 0 Å². The van der Waals surface area contributed by atoms with E-state index in [0.29, 0.717) is 16.6 Å². The van der Waals surface area contributed by atoms with Crippen LogP contribution in [0.3, 0.4) is 0 Å². The number of nitrogens with two attached hydrogens (primary N) is 1. The average Bonchev–Trinajstić information content (AvgIpc) is 2.83. The molecular weight excluding hydrogens is 385 g/mol. The molecule has 7 heteroatoms. The second-order valence-corrected chi connectivity index (χ2v) is 8.32. The van der Waals surface area contributed by atoms with Gasteiger partial charge >= 0.3 is 5.97 Å². The fourth-order valence-electron chi connectivity index (χ4n) is 3.88. The summed E-state index contributed by atoms with van der Waals surface area (Å²) >= 11 is 12.2. The number of aryl methyl sites for hydroxylation is 1. The van der Waals surface area contributed by atoms with Crippen molar-refractivity contribution in [1.29, 1.82) is 0 Å². The second-order valence-electron chi connectivity index (χ2n) is 7.51. The zero-order valence-corrected chi connectivity index (χ0v) is 17.1. The molecule has 0 saturated heterocycles. The fourth-order valence-corrected chi connectivity index (χ4v) is 4.20. The van der Waals surface area contributed by atoms with Crippen LogP contribution in [0.5, 0.6) is 0 Å². The van der Waals surface area contributed by atoms with Crippen LogP contribution in [-0.4, -0.2) is 26.7 Å². The maximum atomic E-state index is 11.6. The predicted molar refractivity (Wildman–Crippen MR) is 108 cm³/mol. The van der Waals surface area contributed by atoms with Crippen molar-refractivity contribution in [2.45, 2.75) is 64.0 Å². The van der Waals surface area contributed by atoms with E-state index in [2.05, 4.69) is 18.4 Å². The minimum absolute atomic E-state index is 0.210. The number of carboxylic acids is 1. The Morgan fingerprint density at radius 1 is 1.33 bits per heavy atom. The first-order valence-electron chi connectivity index (χ1n) is 9.31. The molecule has 1 aromatic heterocycles. The van der Waals surface area contributed by atoms with Crippen molar-refractivity contribution < 1.29 is 9.90 Å². The molecule has 3 N–H and O–H groups in total. The highest BCUT2D eigenvalue weighted by molar-refractivity contribution is 6.42. The standard InChI is InChI=1S/C20H25Cl2N3O2/c1-11(2)19-24-16-6-4-3-5-13(17(23)20(26)27)18(16)25(19)10-12-7-8-14(21)15(22)9-12/h7-9,11,13,17H,3-6,10,23H2,1-2H3,(H,26,27). The van der Waals surface area contributed by atoms with Crippen molar-refractivity contribution in [2.75, 3.05) is 0 Å². The number of hydrogen-bond donors (Lipinski definition) is 2. The van der Waals surface area contributed by atoms with Crippen molar-refractivity contribution in [2.24, 2.45) is 5.73 Å². The van der Waals surface area contributed by atoms with E-state index >= 15 is 0 Å². The smallest absolute Gasteiger partial charge is 0.321 e. The SMILES string of the molecule is CC(C)c1nc2c(n1Cc1ccc(Cl)c(Cl)c1)C(C(N)C(=O)O)CCCC2. The van der Waals surface area contributed by atoms with E-state index in [1.165, 1.54) is 0 Å². The Morgan fingerprint density at radius 3 is 2.70 bits per heavy atom. The molecule has 2 unspecified atom stereocenters. The third-order valence-corrected chi connectivity index (χ3v) is 5.94. The first-order chi connectivity index (χ1) is 12.8. The summed E-state index contributed by atoms with van der Waals surface area (Å²) < 4.78 is 2.15. The van der Waals surface area contributed by atoms with Crippen molar-refractivity contribution >= 4 is 29.2 Å². The molecule has 0 radical (unpaired) electrons. The van der Waals surface area contributed by atoms with Crippen LogP contribution < -0.4 is 5.73 Å². The maximum Gasteiger partial charge on any atom is 0.321 e. The van der Waals surface area contributed by atoms with Gasteiger partial charge in [-0.15, -0.1) is 0 Å². The number of nitrogens with zero attached hydrogens (tertiary/aromatic N) is 2. The van der Waals surface area contributed by atoms with Crippen LogP contribution in [0, 0.1) is 0 Å². The maximum absolute atomic E-state index is 11.6. The minimum atomic E-state index is -0.971. The number of aliphatic carboxylic acids is 1. The number of benzene rings is 1. The molecule has 0 saturated carbocycles. The second kappa shape index (κ2) is 8.21. The lowest BCUT2D eigenvalue weighted by Crippen LogP contribution is -2.37. The van der Waals surface area contributed by atoms with E-state index in [0.717, 1.165) is 48.5 Å². The van der Waals surface area contributed by atoms with Crippen LogP contribution in [0.25, 0.3) is 0 Å². The molecule has 0 amide bonds. The number of halogens is 2. The lowest BCUT2D eigenvalue weighted by atomic mass is 9.92. The molecule has 0 bridgehead atoms. The Bertz CT molecular complexity index is 848. The summed E-state index contributed by atoms with van der Waals surface area (Å²) in [4.78, 5) is 16.5. The van der Waals surface area contributed by atoms with Crippen LogP contribution in [-0.2, 0) is 17.8 Å². The topological polar surface area (TPSA) is 81.1 Å². The fraction of sp³-hybridized carbons (Fsp3) is 0.500. The number of imidazole rings is 1. The van der Waals surface area contributed by atoms with Gasteiger partial charge in [0.25, 0.3) is 0 Å². The van der Waals surface area contributed by atoms with Crippen molar-refractivity contribution in [3.05, 3.63) is 51.0 Å². The van der Waals surface area contributed by atoms with E-state index in [-0.39, 0.29) is 11.8 Å². The largest absolute Gasteiger partial charge is 0.480 e. The first kappa shape index (κ1) is 20.2. The van der Waals surface area contributed by atoms with Gasteiger partial charge in [-0.25, -0.2) is 4.98 Å². The third-order valence-electron chi connectivity index (χ3n) is 5.20. The summed E-state index contributed by atoms with van der Waals surface area (Å²) in [7, 11) is 0. The van der Waals surface area contributed by atoms with Gasteiger partial charge in [0.1, 0.15) is 11.9 Å². The quantitative estimate of drug-likeness (QED) is 0.707. The van der Waals surface area contributed by atoms with Gasteiger partial charge in [0.2, 0.25) is 0 Å². The highest BCUT2D eigenvalue weighted by atomic mass is 35.5. The summed E-state index contributed by atoms with van der Waals surface area (Å²) in [5.74, 6) is -0.0547. The van der Waals surface area contributed by atoms with E-state index in [1.54, 1.807) is 6.07 Å². The molecule has 3 rings (SSSR count). The number of aromatic nitrogens is 2. The molecule has 146 valence electrons. The number of hydrogen-bond acceptors (Lipinski definition) is 3. The molecular formula is C20H25Cl2N3O2. The Labute approximate surface area is 169 Å². The molecule has 0 fully saturated rings. The van der Waals surface area contributed by atoms with E-state index in [4.69, 9.17) is 33.9 Å². The van der Waals surface area contributed by atoms with Gasteiger partial charge in [-0.05, 0) is 37.0 Å². The zero-order chi connectivity index (χ0) is 19.7. The molecule has 27 heavy (non-hydrogen) atoms. The lowest BCUT2D eigenvalue weighted by Gasteiger charge is -2.23. The highest BCUT2D eigenvalue weighted by Crippen LogP contribution is 2.35. The number of fused-ring (bicyclic) bond motifs is 1. The number of carbonyl (C=O) groups is 1. The van der Waals surface area contributed by atoms with Crippen molar-refractivity contribution in [3.63, 3.8) is 0 Å². The molecule has 5 nitrogen and oxygen atoms in total. The first-order valence-corrected chi connectivity index (χ1v) is 10.1.